The molecule has 17 heavy (non-hydrogen) atoms. The van der Waals surface area contributed by atoms with Crippen molar-refractivity contribution in [2.24, 2.45) is 5.92 Å². The molecule has 0 fully saturated rings. The van der Waals surface area contributed by atoms with E-state index in [4.69, 9.17) is 0 Å². The fourth-order valence-corrected chi connectivity index (χ4v) is 1.72. The maximum Gasteiger partial charge on any atom is 0.234 e. The lowest BCUT2D eigenvalue weighted by atomic mass is 10.0. The topological polar surface area (TPSA) is 29.1 Å². The number of nitrogens with one attached hydrogen (secondary N) is 1. The van der Waals surface area contributed by atoms with Gasteiger partial charge >= 0.3 is 0 Å². The molecule has 3 heteroatoms. The van der Waals surface area contributed by atoms with Gasteiger partial charge in [0.15, 0.2) is 0 Å². The van der Waals surface area contributed by atoms with Crippen LogP contribution in [0.4, 0.5) is 0 Å². The van der Waals surface area contributed by atoms with Gasteiger partial charge in [0.25, 0.3) is 0 Å². The highest BCUT2D eigenvalue weighted by Crippen LogP contribution is 2.15. The highest BCUT2D eigenvalue weighted by Gasteiger charge is 2.18. The van der Waals surface area contributed by atoms with Gasteiger partial charge < -0.3 is 5.32 Å². The summed E-state index contributed by atoms with van der Waals surface area (Å²) in [5, 5.41) is 2.98. The van der Waals surface area contributed by atoms with Crippen LogP contribution in [0.3, 0.4) is 0 Å². The van der Waals surface area contributed by atoms with Crippen molar-refractivity contribution in [2.75, 3.05) is 6.54 Å². The van der Waals surface area contributed by atoms with E-state index in [1.165, 1.54) is 5.56 Å². The van der Waals surface area contributed by atoms with E-state index in [9.17, 15) is 4.79 Å². The molecule has 0 aliphatic heterocycles. The summed E-state index contributed by atoms with van der Waals surface area (Å²) in [5.74, 6) is 0.719. The van der Waals surface area contributed by atoms with Crippen molar-refractivity contribution in [1.82, 2.24) is 5.32 Å². The molecule has 0 aliphatic rings. The van der Waals surface area contributed by atoms with Gasteiger partial charge in [0.05, 0.1) is 4.83 Å². The first-order valence-electron chi connectivity index (χ1n) is 5.99. The number of amides is 1. The van der Waals surface area contributed by atoms with Crippen molar-refractivity contribution >= 4 is 21.8 Å². The number of benzene rings is 1. The second kappa shape index (κ2) is 6.80. The highest BCUT2D eigenvalue weighted by molar-refractivity contribution is 9.10. The summed E-state index contributed by atoms with van der Waals surface area (Å²) < 4.78 is 0. The molecule has 0 aromatic heterocycles. The van der Waals surface area contributed by atoms with Gasteiger partial charge in [-0.25, -0.2) is 0 Å². The van der Waals surface area contributed by atoms with Gasteiger partial charge in [-0.2, -0.15) is 0 Å². The lowest BCUT2D eigenvalue weighted by Crippen LogP contribution is -2.36. The third-order valence-electron chi connectivity index (χ3n) is 2.79. The molecule has 94 valence electrons. The third kappa shape index (κ3) is 4.50. The number of carbonyl (C=O) groups excluding carboxylic acids is 1. The summed E-state index contributed by atoms with van der Waals surface area (Å²) in [5.41, 5.74) is 1.25. The second-order valence-corrected chi connectivity index (χ2v) is 5.69. The molecular weight excluding hydrogens is 278 g/mol. The molecule has 0 bridgehead atoms. The Kier molecular flexibility index (Phi) is 5.69. The van der Waals surface area contributed by atoms with Gasteiger partial charge in [0.1, 0.15) is 0 Å². The van der Waals surface area contributed by atoms with Crippen LogP contribution in [0.5, 0.6) is 0 Å². The van der Waals surface area contributed by atoms with Crippen molar-refractivity contribution < 1.29 is 4.79 Å². The van der Waals surface area contributed by atoms with Gasteiger partial charge in [0, 0.05) is 6.54 Å². The van der Waals surface area contributed by atoms with Crippen molar-refractivity contribution in [3.05, 3.63) is 35.9 Å². The zero-order valence-corrected chi connectivity index (χ0v) is 12.2. The van der Waals surface area contributed by atoms with E-state index in [0.29, 0.717) is 18.4 Å². The average Bonchev–Trinajstić information content (AvgIpc) is 2.35. The molecular formula is C14H20BrNO. The molecule has 2 atom stereocenters. The normalized spacial score (nSPS) is 14.4. The Bertz CT molecular complexity index is 350. The molecule has 2 nitrogen and oxygen atoms in total. The summed E-state index contributed by atoms with van der Waals surface area (Å²) in [6.45, 7) is 6.85. The van der Waals surface area contributed by atoms with Gasteiger partial charge in [-0.15, -0.1) is 0 Å². The molecule has 0 radical (unpaired) electrons. The summed E-state index contributed by atoms with van der Waals surface area (Å²) in [7, 11) is 0. The van der Waals surface area contributed by atoms with Crippen LogP contribution in [0.15, 0.2) is 30.3 Å². The Hall–Kier alpha value is -0.830. The SMILES string of the molecule is CC(CNC(=O)C(Br)C(C)C)c1ccccc1. The van der Waals surface area contributed by atoms with E-state index in [1.54, 1.807) is 0 Å². The van der Waals surface area contributed by atoms with E-state index in [-0.39, 0.29) is 10.7 Å². The van der Waals surface area contributed by atoms with Crippen LogP contribution in [0.1, 0.15) is 32.3 Å². The van der Waals surface area contributed by atoms with Gasteiger partial charge in [-0.1, -0.05) is 67.0 Å². The minimum atomic E-state index is -0.106. The second-order valence-electron chi connectivity index (χ2n) is 4.70. The lowest BCUT2D eigenvalue weighted by Gasteiger charge is -2.17. The van der Waals surface area contributed by atoms with Crippen LogP contribution in [-0.2, 0) is 4.79 Å². The summed E-state index contributed by atoms with van der Waals surface area (Å²) >= 11 is 3.40. The number of hydrogen-bond acceptors (Lipinski definition) is 1. The quantitative estimate of drug-likeness (QED) is 0.830. The Morgan fingerprint density at radius 3 is 2.35 bits per heavy atom. The van der Waals surface area contributed by atoms with Gasteiger partial charge in [-0.05, 0) is 17.4 Å². The Morgan fingerprint density at radius 1 is 1.24 bits per heavy atom. The van der Waals surface area contributed by atoms with Crippen LogP contribution >= 0.6 is 15.9 Å². The number of carbonyl (C=O) groups is 1. The fraction of sp³-hybridized carbons (Fsp3) is 0.500. The van der Waals surface area contributed by atoms with Gasteiger partial charge in [-0.3, -0.25) is 4.79 Å². The van der Waals surface area contributed by atoms with Crippen LogP contribution in [0.2, 0.25) is 0 Å². The zero-order chi connectivity index (χ0) is 12.8. The maximum absolute atomic E-state index is 11.8. The number of rotatable bonds is 5. The van der Waals surface area contributed by atoms with E-state index >= 15 is 0 Å². The number of alkyl halides is 1. The fourth-order valence-electron chi connectivity index (χ4n) is 1.55. The van der Waals surface area contributed by atoms with Gasteiger partial charge in [0.2, 0.25) is 5.91 Å². The predicted octanol–water partition coefficient (Wildman–Crippen LogP) is 3.33. The van der Waals surface area contributed by atoms with Crippen LogP contribution in [0.25, 0.3) is 0 Å². The average molecular weight is 298 g/mol. The van der Waals surface area contributed by atoms with Crippen LogP contribution in [0, 0.1) is 5.92 Å². The Labute approximate surface area is 112 Å². The largest absolute Gasteiger partial charge is 0.355 e. The molecule has 1 amide bonds. The Balaban J connectivity index is 2.44. The van der Waals surface area contributed by atoms with E-state index in [0.717, 1.165) is 0 Å². The van der Waals surface area contributed by atoms with Crippen LogP contribution in [-0.4, -0.2) is 17.3 Å². The maximum atomic E-state index is 11.8. The van der Waals surface area contributed by atoms with E-state index in [2.05, 4.69) is 40.3 Å². The first kappa shape index (κ1) is 14.2. The zero-order valence-electron chi connectivity index (χ0n) is 10.6. The summed E-state index contributed by atoms with van der Waals surface area (Å²) in [6, 6.07) is 10.2. The van der Waals surface area contributed by atoms with E-state index < -0.39 is 0 Å². The molecule has 1 aromatic carbocycles. The highest BCUT2D eigenvalue weighted by atomic mass is 79.9. The summed E-state index contributed by atoms with van der Waals surface area (Å²) in [6.07, 6.45) is 0. The van der Waals surface area contributed by atoms with Crippen LogP contribution < -0.4 is 5.32 Å². The minimum Gasteiger partial charge on any atom is -0.355 e. The standard InChI is InChI=1S/C14H20BrNO/c1-10(2)13(15)14(17)16-9-11(3)12-7-5-4-6-8-12/h4-8,10-11,13H,9H2,1-3H3,(H,16,17). The molecule has 2 unspecified atom stereocenters. The smallest absolute Gasteiger partial charge is 0.234 e. The first-order valence-corrected chi connectivity index (χ1v) is 6.90. The lowest BCUT2D eigenvalue weighted by molar-refractivity contribution is -0.121. The van der Waals surface area contributed by atoms with Crippen molar-refractivity contribution in [2.45, 2.75) is 31.5 Å². The number of halogens is 1. The third-order valence-corrected chi connectivity index (χ3v) is 4.26. The van der Waals surface area contributed by atoms with E-state index in [1.807, 2.05) is 32.0 Å². The molecule has 1 aromatic rings. The molecule has 0 saturated carbocycles. The Morgan fingerprint density at radius 2 is 1.82 bits per heavy atom. The molecule has 0 heterocycles. The van der Waals surface area contributed by atoms with Crippen molar-refractivity contribution in [1.29, 1.82) is 0 Å². The number of hydrogen-bond donors (Lipinski definition) is 1. The van der Waals surface area contributed by atoms with Crippen molar-refractivity contribution in [3.63, 3.8) is 0 Å². The monoisotopic (exact) mass is 297 g/mol. The first-order chi connectivity index (χ1) is 8.02. The predicted molar refractivity (Wildman–Crippen MR) is 75.4 cm³/mol. The molecule has 0 saturated heterocycles. The molecule has 1 rings (SSSR count). The minimum absolute atomic E-state index is 0.0720. The molecule has 1 N–H and O–H groups in total. The summed E-state index contributed by atoms with van der Waals surface area (Å²) in [4.78, 5) is 11.7. The van der Waals surface area contributed by atoms with Crippen molar-refractivity contribution in [3.8, 4) is 0 Å². The molecule has 0 aliphatic carbocycles. The molecule has 0 spiro atoms.